The van der Waals surface area contributed by atoms with Crippen LogP contribution in [-0.2, 0) is 11.3 Å². The molecule has 0 unspecified atom stereocenters. The Labute approximate surface area is 236 Å². The zero-order valence-corrected chi connectivity index (χ0v) is 22.0. The Bertz CT molecular complexity index is 1770. The Balaban J connectivity index is 1.10. The molecule has 1 N–H and O–H groups in total. The molecule has 42 heavy (non-hydrogen) atoms. The number of fused-ring (bicyclic) bond motifs is 2. The van der Waals surface area contributed by atoms with Crippen LogP contribution in [-0.4, -0.2) is 40.1 Å². The summed E-state index contributed by atoms with van der Waals surface area (Å²) >= 11 is 0. The average molecular weight is 574 g/mol. The maximum atomic E-state index is 12.6. The predicted molar refractivity (Wildman–Crippen MR) is 145 cm³/mol. The van der Waals surface area contributed by atoms with E-state index in [1.165, 1.54) is 42.7 Å². The van der Waals surface area contributed by atoms with Crippen LogP contribution in [0.15, 0.2) is 74.5 Å². The molecule has 0 aliphatic carbocycles. The van der Waals surface area contributed by atoms with Gasteiger partial charge in [0.2, 0.25) is 0 Å². The second kappa shape index (κ2) is 11.9. The monoisotopic (exact) mass is 573 g/mol. The number of esters is 1. The number of nitro groups is 1. The molecule has 13 nitrogen and oxygen atoms in total. The van der Waals surface area contributed by atoms with E-state index < -0.39 is 39.9 Å². The summed E-state index contributed by atoms with van der Waals surface area (Å²) in [5.41, 5.74) is -1.50. The van der Waals surface area contributed by atoms with Gasteiger partial charge in [-0.25, -0.2) is 4.79 Å². The summed E-state index contributed by atoms with van der Waals surface area (Å²) in [4.78, 5) is 73.8. The lowest BCUT2D eigenvalue weighted by molar-refractivity contribution is -0.385. The van der Waals surface area contributed by atoms with Gasteiger partial charge in [0.15, 0.2) is 0 Å². The number of hydrogen-bond acceptors (Lipinski definition) is 10. The van der Waals surface area contributed by atoms with Crippen LogP contribution in [0, 0.1) is 10.1 Å². The van der Waals surface area contributed by atoms with Crippen molar-refractivity contribution < 1.29 is 37.7 Å². The van der Waals surface area contributed by atoms with Crippen molar-refractivity contribution in [2.75, 3.05) is 6.54 Å². The standard InChI is InChI=1S/C29H23N3O10/c33-24(9-2-1-3-12-31-27(35)20-7-4-8-22(32(38)39)25(20)28(31)36)41-18-11-10-17-14-21(29(37)42-23(17)15-18)26(34)30-16-19-6-5-13-40-19/h4-8,10-11,13-15H,1-3,9,12,16H2,(H,30,34). The molecule has 0 atom stereocenters. The Morgan fingerprint density at radius 1 is 0.976 bits per heavy atom. The molecule has 5 rings (SSSR count). The van der Waals surface area contributed by atoms with Gasteiger partial charge < -0.3 is 18.9 Å². The van der Waals surface area contributed by atoms with Gasteiger partial charge >= 0.3 is 11.6 Å². The topological polar surface area (TPSA) is 179 Å². The van der Waals surface area contributed by atoms with Gasteiger partial charge in [-0.05, 0) is 49.2 Å². The highest BCUT2D eigenvalue weighted by Crippen LogP contribution is 2.31. The summed E-state index contributed by atoms with van der Waals surface area (Å²) in [6, 6.07) is 13.1. The van der Waals surface area contributed by atoms with E-state index in [1.807, 2.05) is 0 Å². The Morgan fingerprint density at radius 3 is 2.57 bits per heavy atom. The van der Waals surface area contributed by atoms with Gasteiger partial charge in [-0.2, -0.15) is 0 Å². The Hall–Kier alpha value is -5.59. The largest absolute Gasteiger partial charge is 0.467 e. The SMILES string of the molecule is O=C(CCCCCN1C(=O)c2cccc([N+](=O)[O-])c2C1=O)Oc1ccc2cc(C(=O)NCc3ccco3)c(=O)oc2c1. The summed E-state index contributed by atoms with van der Waals surface area (Å²) in [5.74, 6) is -1.77. The quantitative estimate of drug-likeness (QED) is 0.0524. The number of carbonyl (C=O) groups is 4. The van der Waals surface area contributed by atoms with E-state index >= 15 is 0 Å². The number of ether oxygens (including phenoxy) is 1. The second-order valence-electron chi connectivity index (χ2n) is 9.41. The number of nitro benzene ring substituents is 1. The first kappa shape index (κ1) is 28.0. The van der Waals surface area contributed by atoms with Gasteiger partial charge in [0.25, 0.3) is 23.4 Å². The molecule has 3 amide bonds. The summed E-state index contributed by atoms with van der Waals surface area (Å²) in [6.45, 7) is 0.164. The number of amides is 3. The van der Waals surface area contributed by atoms with Crippen molar-refractivity contribution in [3.63, 3.8) is 0 Å². The molecule has 0 radical (unpaired) electrons. The van der Waals surface area contributed by atoms with Crippen molar-refractivity contribution in [3.05, 3.63) is 104 Å². The van der Waals surface area contributed by atoms with Gasteiger partial charge in [-0.1, -0.05) is 12.5 Å². The molecule has 2 aromatic heterocycles. The molecule has 0 spiro atoms. The molecular weight excluding hydrogens is 550 g/mol. The molecule has 1 aliphatic heterocycles. The van der Waals surface area contributed by atoms with Crippen molar-refractivity contribution in [2.24, 2.45) is 0 Å². The number of carbonyl (C=O) groups excluding carboxylic acids is 4. The van der Waals surface area contributed by atoms with E-state index in [2.05, 4.69) is 5.32 Å². The molecule has 0 saturated heterocycles. The zero-order chi connectivity index (χ0) is 29.8. The third-order valence-electron chi connectivity index (χ3n) is 6.62. The van der Waals surface area contributed by atoms with Crippen LogP contribution in [0.2, 0.25) is 0 Å². The molecule has 0 fully saturated rings. The van der Waals surface area contributed by atoms with Crippen molar-refractivity contribution in [1.82, 2.24) is 10.2 Å². The van der Waals surface area contributed by atoms with Crippen molar-refractivity contribution in [2.45, 2.75) is 32.2 Å². The highest BCUT2D eigenvalue weighted by Gasteiger charge is 2.40. The lowest BCUT2D eigenvalue weighted by Crippen LogP contribution is -2.30. The Morgan fingerprint density at radius 2 is 1.81 bits per heavy atom. The fraction of sp³-hybridized carbons (Fsp3) is 0.207. The first-order valence-corrected chi connectivity index (χ1v) is 13.0. The normalized spacial score (nSPS) is 12.4. The molecule has 3 heterocycles. The lowest BCUT2D eigenvalue weighted by Gasteiger charge is -2.13. The minimum atomic E-state index is -0.851. The van der Waals surface area contributed by atoms with Crippen LogP contribution >= 0.6 is 0 Å². The van der Waals surface area contributed by atoms with Gasteiger partial charge in [0.1, 0.15) is 28.2 Å². The summed E-state index contributed by atoms with van der Waals surface area (Å²) in [7, 11) is 0. The molecule has 13 heteroatoms. The van der Waals surface area contributed by atoms with E-state index in [0.717, 1.165) is 4.90 Å². The molecular formula is C29H23N3O10. The molecule has 0 bridgehead atoms. The van der Waals surface area contributed by atoms with E-state index in [-0.39, 0.29) is 47.5 Å². The fourth-order valence-corrected chi connectivity index (χ4v) is 4.56. The fourth-order valence-electron chi connectivity index (χ4n) is 4.56. The number of nitrogens with one attached hydrogen (secondary N) is 1. The Kier molecular flexibility index (Phi) is 7.91. The number of rotatable bonds is 11. The first-order valence-electron chi connectivity index (χ1n) is 13.0. The smallest absolute Gasteiger partial charge is 0.349 e. The molecule has 1 aliphatic rings. The lowest BCUT2D eigenvalue weighted by atomic mass is 10.1. The maximum Gasteiger partial charge on any atom is 0.349 e. The number of benzene rings is 2. The summed E-state index contributed by atoms with van der Waals surface area (Å²) in [5, 5.41) is 14.3. The minimum Gasteiger partial charge on any atom is -0.467 e. The summed E-state index contributed by atoms with van der Waals surface area (Å²) in [6.07, 6.45) is 2.80. The van der Waals surface area contributed by atoms with Crippen LogP contribution in [0.3, 0.4) is 0 Å². The van der Waals surface area contributed by atoms with Crippen LogP contribution in [0.25, 0.3) is 11.0 Å². The average Bonchev–Trinajstić information content (AvgIpc) is 3.57. The number of imide groups is 1. The zero-order valence-electron chi connectivity index (χ0n) is 22.0. The predicted octanol–water partition coefficient (Wildman–Crippen LogP) is 3.99. The highest BCUT2D eigenvalue weighted by molar-refractivity contribution is 6.23. The van der Waals surface area contributed by atoms with Crippen molar-refractivity contribution in [1.29, 1.82) is 0 Å². The third-order valence-corrected chi connectivity index (χ3v) is 6.62. The highest BCUT2D eigenvalue weighted by atomic mass is 16.6. The number of unbranched alkanes of at least 4 members (excludes halogenated alkanes) is 2. The van der Waals surface area contributed by atoms with E-state index in [4.69, 9.17) is 13.6 Å². The second-order valence-corrected chi connectivity index (χ2v) is 9.41. The van der Waals surface area contributed by atoms with E-state index in [9.17, 15) is 34.1 Å². The molecule has 2 aromatic carbocycles. The third kappa shape index (κ3) is 5.80. The molecule has 0 saturated carbocycles. The van der Waals surface area contributed by atoms with Crippen LogP contribution < -0.4 is 15.7 Å². The van der Waals surface area contributed by atoms with Crippen molar-refractivity contribution >= 4 is 40.3 Å². The molecule has 214 valence electrons. The summed E-state index contributed by atoms with van der Waals surface area (Å²) < 4.78 is 15.8. The number of hydrogen-bond donors (Lipinski definition) is 1. The molecule has 4 aromatic rings. The minimum absolute atomic E-state index is 0.00792. The number of furan rings is 1. The van der Waals surface area contributed by atoms with Gasteiger partial charge in [0, 0.05) is 30.5 Å². The van der Waals surface area contributed by atoms with Gasteiger partial charge in [-0.15, -0.1) is 0 Å². The maximum absolute atomic E-state index is 12.6. The van der Waals surface area contributed by atoms with Crippen molar-refractivity contribution in [3.8, 4) is 5.75 Å². The number of nitrogens with zero attached hydrogens (tertiary/aromatic N) is 2. The van der Waals surface area contributed by atoms with Crippen LogP contribution in [0.4, 0.5) is 5.69 Å². The van der Waals surface area contributed by atoms with Gasteiger partial charge in [-0.3, -0.25) is 34.2 Å². The van der Waals surface area contributed by atoms with Crippen LogP contribution in [0.1, 0.15) is 62.5 Å². The van der Waals surface area contributed by atoms with E-state index in [1.54, 1.807) is 18.2 Å². The van der Waals surface area contributed by atoms with Gasteiger partial charge in [0.05, 0.1) is 23.3 Å². The van der Waals surface area contributed by atoms with E-state index in [0.29, 0.717) is 30.4 Å². The van der Waals surface area contributed by atoms with Crippen LogP contribution in [0.5, 0.6) is 5.75 Å². The first-order chi connectivity index (χ1) is 20.2.